The number of hydrogen-bond acceptors (Lipinski definition) is 9. The third-order valence-corrected chi connectivity index (χ3v) is 4.96. The fourth-order valence-electron chi connectivity index (χ4n) is 2.70. The zero-order valence-electron chi connectivity index (χ0n) is 17.2. The second-order valence-corrected chi connectivity index (χ2v) is 7.16. The Morgan fingerprint density at radius 2 is 1.84 bits per heavy atom. The van der Waals surface area contributed by atoms with Gasteiger partial charge in [0.2, 0.25) is 11.8 Å². The lowest BCUT2D eigenvalue weighted by molar-refractivity contribution is -0.113. The molecule has 0 saturated carbocycles. The summed E-state index contributed by atoms with van der Waals surface area (Å²) in [4.78, 5) is 23.8. The van der Waals surface area contributed by atoms with Crippen molar-refractivity contribution in [2.24, 2.45) is 0 Å². The first-order chi connectivity index (χ1) is 15.0. The van der Waals surface area contributed by atoms with Crippen LogP contribution in [0.25, 0.3) is 0 Å². The second-order valence-electron chi connectivity index (χ2n) is 6.24. The number of anilines is 1. The zero-order chi connectivity index (χ0) is 22.2. The summed E-state index contributed by atoms with van der Waals surface area (Å²) in [6.45, 7) is 0. The number of esters is 1. The number of aromatic nitrogens is 2. The van der Waals surface area contributed by atoms with Crippen LogP contribution in [0.5, 0.6) is 11.5 Å². The molecule has 1 aromatic heterocycles. The number of rotatable bonds is 9. The SMILES string of the molecule is COC(=O)c1cccc(NC(=O)CSc2nnc(Cc3ccc(OC)c(OC)c3)o2)c1. The molecule has 10 heteroatoms. The van der Waals surface area contributed by atoms with Crippen molar-refractivity contribution >= 4 is 29.3 Å². The van der Waals surface area contributed by atoms with Crippen LogP contribution in [-0.2, 0) is 16.0 Å². The standard InChI is InChI=1S/C21H21N3O6S/c1-27-16-8-7-13(9-17(16)28-2)10-19-23-24-21(30-19)31-12-18(25)22-15-6-4-5-14(11-15)20(26)29-3/h4-9,11H,10,12H2,1-3H3,(H,22,25). The Morgan fingerprint density at radius 1 is 1.03 bits per heavy atom. The van der Waals surface area contributed by atoms with Gasteiger partial charge in [0, 0.05) is 5.69 Å². The fraction of sp³-hybridized carbons (Fsp3) is 0.238. The van der Waals surface area contributed by atoms with Crippen LogP contribution in [-0.4, -0.2) is 49.2 Å². The molecule has 3 rings (SSSR count). The molecule has 0 radical (unpaired) electrons. The monoisotopic (exact) mass is 443 g/mol. The topological polar surface area (TPSA) is 113 Å². The molecule has 0 spiro atoms. The fourth-order valence-corrected chi connectivity index (χ4v) is 3.28. The minimum absolute atomic E-state index is 0.0699. The lowest BCUT2D eigenvalue weighted by atomic mass is 10.1. The number of benzene rings is 2. The van der Waals surface area contributed by atoms with Crippen LogP contribution < -0.4 is 14.8 Å². The smallest absolute Gasteiger partial charge is 0.337 e. The summed E-state index contributed by atoms with van der Waals surface area (Å²) < 4.78 is 20.8. The molecule has 0 saturated heterocycles. The molecule has 31 heavy (non-hydrogen) atoms. The van der Waals surface area contributed by atoms with E-state index < -0.39 is 5.97 Å². The number of hydrogen-bond donors (Lipinski definition) is 1. The molecule has 0 atom stereocenters. The van der Waals surface area contributed by atoms with Gasteiger partial charge in [-0.1, -0.05) is 23.9 Å². The number of carbonyl (C=O) groups is 2. The predicted octanol–water partition coefficient (Wildman–Crippen LogP) is 3.20. The quantitative estimate of drug-likeness (QED) is 0.393. The van der Waals surface area contributed by atoms with Crippen molar-refractivity contribution in [3.05, 3.63) is 59.5 Å². The Morgan fingerprint density at radius 3 is 2.58 bits per heavy atom. The highest BCUT2D eigenvalue weighted by Gasteiger charge is 2.13. The lowest BCUT2D eigenvalue weighted by Gasteiger charge is -2.08. The Hall–Kier alpha value is -3.53. The number of nitrogens with one attached hydrogen (secondary N) is 1. The molecule has 0 fully saturated rings. The van der Waals surface area contributed by atoms with Crippen LogP contribution >= 0.6 is 11.8 Å². The van der Waals surface area contributed by atoms with Crippen molar-refractivity contribution in [1.29, 1.82) is 0 Å². The Labute approximate surface area is 183 Å². The van der Waals surface area contributed by atoms with E-state index in [9.17, 15) is 9.59 Å². The summed E-state index contributed by atoms with van der Waals surface area (Å²) in [5.74, 6) is 0.990. The first-order valence-corrected chi connectivity index (χ1v) is 10.1. The molecule has 1 N–H and O–H groups in total. The number of carbonyl (C=O) groups excluding carboxylic acids is 2. The van der Waals surface area contributed by atoms with Gasteiger partial charge in [-0.2, -0.15) is 0 Å². The highest BCUT2D eigenvalue weighted by atomic mass is 32.2. The van der Waals surface area contributed by atoms with E-state index in [2.05, 4.69) is 20.3 Å². The Bertz CT molecular complexity index is 1070. The summed E-state index contributed by atoms with van der Waals surface area (Å²) in [6.07, 6.45) is 0.417. The molecule has 162 valence electrons. The van der Waals surface area contributed by atoms with Crippen LogP contribution in [0.4, 0.5) is 5.69 Å². The van der Waals surface area contributed by atoms with Crippen molar-refractivity contribution in [2.45, 2.75) is 11.6 Å². The van der Waals surface area contributed by atoms with Crippen LogP contribution in [0.2, 0.25) is 0 Å². The van der Waals surface area contributed by atoms with Gasteiger partial charge in [0.05, 0.1) is 39.1 Å². The van der Waals surface area contributed by atoms with Gasteiger partial charge in [-0.3, -0.25) is 4.79 Å². The molecule has 0 unspecified atom stereocenters. The maximum absolute atomic E-state index is 12.2. The van der Waals surface area contributed by atoms with E-state index >= 15 is 0 Å². The summed E-state index contributed by atoms with van der Waals surface area (Å²) in [6, 6.07) is 12.0. The van der Waals surface area contributed by atoms with E-state index in [4.69, 9.17) is 13.9 Å². The molecule has 0 aliphatic rings. The molecular formula is C21H21N3O6S. The first-order valence-electron chi connectivity index (χ1n) is 9.16. The van der Waals surface area contributed by atoms with Crippen LogP contribution in [0.1, 0.15) is 21.8 Å². The Balaban J connectivity index is 1.54. The van der Waals surface area contributed by atoms with Crippen molar-refractivity contribution < 1.29 is 28.2 Å². The number of nitrogens with zero attached hydrogens (tertiary/aromatic N) is 2. The maximum atomic E-state index is 12.2. The molecular weight excluding hydrogens is 422 g/mol. The summed E-state index contributed by atoms with van der Waals surface area (Å²) >= 11 is 1.12. The third kappa shape index (κ3) is 5.98. The third-order valence-electron chi connectivity index (χ3n) is 4.15. The maximum Gasteiger partial charge on any atom is 0.337 e. The molecule has 1 heterocycles. The van der Waals surface area contributed by atoms with E-state index in [1.54, 1.807) is 44.6 Å². The Kier molecular flexibility index (Phi) is 7.50. The average molecular weight is 443 g/mol. The highest BCUT2D eigenvalue weighted by Crippen LogP contribution is 2.28. The van der Waals surface area contributed by atoms with Gasteiger partial charge in [0.15, 0.2) is 11.5 Å². The van der Waals surface area contributed by atoms with Gasteiger partial charge in [0.1, 0.15) is 0 Å². The van der Waals surface area contributed by atoms with E-state index in [1.807, 2.05) is 12.1 Å². The molecule has 0 bridgehead atoms. The van der Waals surface area contributed by atoms with Crippen molar-refractivity contribution in [3.8, 4) is 11.5 Å². The predicted molar refractivity (Wildman–Crippen MR) is 114 cm³/mol. The minimum Gasteiger partial charge on any atom is -0.493 e. The van der Waals surface area contributed by atoms with Crippen LogP contribution in [0, 0.1) is 0 Å². The summed E-state index contributed by atoms with van der Waals surface area (Å²) in [5.41, 5.74) is 1.76. The van der Waals surface area contributed by atoms with Crippen molar-refractivity contribution in [3.63, 3.8) is 0 Å². The normalized spacial score (nSPS) is 10.4. The molecule has 1 amide bonds. The second kappa shape index (κ2) is 10.5. The number of ether oxygens (including phenoxy) is 3. The minimum atomic E-state index is -0.474. The van der Waals surface area contributed by atoms with E-state index in [0.29, 0.717) is 35.1 Å². The molecule has 0 aliphatic heterocycles. The van der Waals surface area contributed by atoms with Gasteiger partial charge >= 0.3 is 5.97 Å². The molecule has 9 nitrogen and oxygen atoms in total. The van der Waals surface area contributed by atoms with Gasteiger partial charge in [-0.05, 0) is 35.9 Å². The zero-order valence-corrected chi connectivity index (χ0v) is 18.0. The van der Waals surface area contributed by atoms with Gasteiger partial charge < -0.3 is 23.9 Å². The lowest BCUT2D eigenvalue weighted by Crippen LogP contribution is -2.14. The van der Waals surface area contributed by atoms with Crippen molar-refractivity contribution in [2.75, 3.05) is 32.4 Å². The van der Waals surface area contributed by atoms with Crippen molar-refractivity contribution in [1.82, 2.24) is 10.2 Å². The summed E-state index contributed by atoms with van der Waals surface area (Å²) in [5, 5.41) is 11.0. The van der Waals surface area contributed by atoms with Gasteiger partial charge in [0.25, 0.3) is 5.22 Å². The average Bonchev–Trinajstić information content (AvgIpc) is 3.24. The largest absolute Gasteiger partial charge is 0.493 e. The summed E-state index contributed by atoms with van der Waals surface area (Å²) in [7, 11) is 4.44. The van der Waals surface area contributed by atoms with E-state index in [0.717, 1.165) is 17.3 Å². The van der Waals surface area contributed by atoms with Crippen LogP contribution in [0.15, 0.2) is 52.1 Å². The van der Waals surface area contributed by atoms with Gasteiger partial charge in [-0.25, -0.2) is 4.79 Å². The number of methoxy groups -OCH3 is 3. The van der Waals surface area contributed by atoms with Crippen LogP contribution in [0.3, 0.4) is 0 Å². The van der Waals surface area contributed by atoms with Gasteiger partial charge in [-0.15, -0.1) is 10.2 Å². The molecule has 0 aliphatic carbocycles. The number of thioether (sulfide) groups is 1. The molecule has 2 aromatic carbocycles. The first kappa shape index (κ1) is 22.2. The number of amides is 1. The molecule has 3 aromatic rings. The van der Waals surface area contributed by atoms with E-state index in [1.165, 1.54) is 7.11 Å². The highest BCUT2D eigenvalue weighted by molar-refractivity contribution is 7.99. The van der Waals surface area contributed by atoms with E-state index in [-0.39, 0.29) is 16.9 Å².